The quantitative estimate of drug-likeness (QED) is 0.715. The Bertz CT molecular complexity index is 220. The Balaban J connectivity index is 2.35. The first kappa shape index (κ1) is 14.0. The Kier molecular flexibility index (Phi) is 6.44. The highest BCUT2D eigenvalue weighted by molar-refractivity contribution is 7.98. The number of hydrogen-bond donors (Lipinski definition) is 0. The summed E-state index contributed by atoms with van der Waals surface area (Å²) in [7, 11) is 2.14. The first-order valence-corrected chi connectivity index (χ1v) is 7.77. The lowest BCUT2D eigenvalue weighted by atomic mass is 9.79. The highest BCUT2D eigenvalue weighted by Gasteiger charge is 2.28. The van der Waals surface area contributed by atoms with E-state index in [1.807, 2.05) is 11.8 Å². The van der Waals surface area contributed by atoms with E-state index in [0.717, 1.165) is 44.0 Å². The smallest absolute Gasteiger partial charge is 0.137 e. The third kappa shape index (κ3) is 4.46. The molecule has 2 unspecified atom stereocenters. The Morgan fingerprint density at radius 1 is 1.50 bits per heavy atom. The summed E-state index contributed by atoms with van der Waals surface area (Å²) >= 11 is 1.87. The average molecular weight is 243 g/mol. The van der Waals surface area contributed by atoms with Gasteiger partial charge in [0, 0.05) is 31.2 Å². The second-order valence-corrected chi connectivity index (χ2v) is 5.95. The van der Waals surface area contributed by atoms with E-state index in [0.29, 0.717) is 11.7 Å². The summed E-state index contributed by atoms with van der Waals surface area (Å²) in [6.45, 7) is 4.31. The van der Waals surface area contributed by atoms with Crippen LogP contribution in [0.25, 0.3) is 0 Å². The second-order valence-electron chi connectivity index (χ2n) is 4.97. The summed E-state index contributed by atoms with van der Waals surface area (Å²) in [5.74, 6) is 2.76. The molecule has 0 spiro atoms. The number of carbonyl (C=O) groups is 1. The molecule has 0 aromatic heterocycles. The summed E-state index contributed by atoms with van der Waals surface area (Å²) in [6, 6.07) is 0. The SMILES string of the molecule is CCC1CCC(=O)C(CN(C)CCSC)C1. The van der Waals surface area contributed by atoms with E-state index >= 15 is 0 Å². The van der Waals surface area contributed by atoms with Crippen LogP contribution in [-0.2, 0) is 4.79 Å². The van der Waals surface area contributed by atoms with Crippen LogP contribution in [0.3, 0.4) is 0 Å². The fourth-order valence-corrected chi connectivity index (χ4v) is 2.96. The normalized spacial score (nSPS) is 26.4. The van der Waals surface area contributed by atoms with Gasteiger partial charge in [-0.1, -0.05) is 13.3 Å². The lowest BCUT2D eigenvalue weighted by Gasteiger charge is -2.30. The lowest BCUT2D eigenvalue weighted by molar-refractivity contribution is -0.126. The maximum atomic E-state index is 11.8. The van der Waals surface area contributed by atoms with Gasteiger partial charge in [0.1, 0.15) is 5.78 Å². The van der Waals surface area contributed by atoms with Crippen LogP contribution in [0.2, 0.25) is 0 Å². The molecular formula is C13H25NOS. The van der Waals surface area contributed by atoms with E-state index < -0.39 is 0 Å². The van der Waals surface area contributed by atoms with Gasteiger partial charge in [0.25, 0.3) is 0 Å². The fourth-order valence-electron chi connectivity index (χ4n) is 2.46. The molecule has 1 saturated carbocycles. The van der Waals surface area contributed by atoms with Crippen LogP contribution in [0, 0.1) is 11.8 Å². The summed E-state index contributed by atoms with van der Waals surface area (Å²) in [4.78, 5) is 14.1. The number of thioether (sulfide) groups is 1. The van der Waals surface area contributed by atoms with Gasteiger partial charge in [-0.3, -0.25) is 4.79 Å². The van der Waals surface area contributed by atoms with Gasteiger partial charge in [0.15, 0.2) is 0 Å². The van der Waals surface area contributed by atoms with E-state index in [9.17, 15) is 4.79 Å². The van der Waals surface area contributed by atoms with Crippen LogP contribution >= 0.6 is 11.8 Å². The molecule has 1 rings (SSSR count). The van der Waals surface area contributed by atoms with Crippen molar-refractivity contribution in [1.82, 2.24) is 4.90 Å². The van der Waals surface area contributed by atoms with Crippen molar-refractivity contribution < 1.29 is 4.79 Å². The van der Waals surface area contributed by atoms with E-state index in [1.54, 1.807) is 0 Å². The molecule has 0 amide bonds. The number of rotatable bonds is 6. The number of carbonyl (C=O) groups excluding carboxylic acids is 1. The Hall–Kier alpha value is -0.0200. The van der Waals surface area contributed by atoms with Crippen molar-refractivity contribution in [2.45, 2.75) is 32.6 Å². The van der Waals surface area contributed by atoms with E-state index in [-0.39, 0.29) is 0 Å². The molecule has 0 aromatic rings. The van der Waals surface area contributed by atoms with Gasteiger partial charge in [-0.25, -0.2) is 0 Å². The molecule has 0 saturated heterocycles. The van der Waals surface area contributed by atoms with Crippen LogP contribution in [0.4, 0.5) is 0 Å². The standard InChI is InChI=1S/C13H25NOS/c1-4-11-5-6-13(15)12(9-11)10-14(2)7-8-16-3/h11-12H,4-10H2,1-3H3. The van der Waals surface area contributed by atoms with Crippen molar-refractivity contribution in [2.24, 2.45) is 11.8 Å². The Labute approximate surface area is 104 Å². The number of Topliss-reactive ketones (excluding diaryl/α,β-unsaturated/α-hetero) is 1. The van der Waals surface area contributed by atoms with Crippen molar-refractivity contribution in [1.29, 1.82) is 0 Å². The molecule has 1 aliphatic carbocycles. The zero-order valence-corrected chi connectivity index (χ0v) is 11.7. The number of hydrogen-bond acceptors (Lipinski definition) is 3. The molecule has 0 radical (unpaired) electrons. The molecule has 1 fully saturated rings. The maximum Gasteiger partial charge on any atom is 0.137 e. The fraction of sp³-hybridized carbons (Fsp3) is 0.923. The van der Waals surface area contributed by atoms with Crippen molar-refractivity contribution in [2.75, 3.05) is 32.1 Å². The first-order valence-electron chi connectivity index (χ1n) is 6.37. The minimum absolute atomic E-state index is 0.311. The van der Waals surface area contributed by atoms with Gasteiger partial charge in [-0.05, 0) is 32.1 Å². The number of ketones is 1. The maximum absolute atomic E-state index is 11.8. The van der Waals surface area contributed by atoms with Gasteiger partial charge in [0.05, 0.1) is 0 Å². The molecule has 2 nitrogen and oxygen atoms in total. The van der Waals surface area contributed by atoms with Crippen molar-refractivity contribution in [3.63, 3.8) is 0 Å². The molecule has 94 valence electrons. The van der Waals surface area contributed by atoms with Crippen LogP contribution in [0.15, 0.2) is 0 Å². The van der Waals surface area contributed by atoms with Crippen LogP contribution in [0.5, 0.6) is 0 Å². The predicted octanol–water partition coefficient (Wildman–Crippen LogP) is 2.68. The summed E-state index contributed by atoms with van der Waals surface area (Å²) in [5.41, 5.74) is 0. The summed E-state index contributed by atoms with van der Waals surface area (Å²) in [5, 5.41) is 0. The molecule has 0 heterocycles. The molecule has 0 N–H and O–H groups in total. The molecule has 1 aliphatic rings. The second kappa shape index (κ2) is 7.33. The van der Waals surface area contributed by atoms with Crippen LogP contribution in [0.1, 0.15) is 32.6 Å². The molecule has 0 aliphatic heterocycles. The number of nitrogens with zero attached hydrogens (tertiary/aromatic N) is 1. The molecule has 2 atom stereocenters. The van der Waals surface area contributed by atoms with E-state index in [1.165, 1.54) is 6.42 Å². The van der Waals surface area contributed by atoms with Crippen molar-refractivity contribution in [3.8, 4) is 0 Å². The van der Waals surface area contributed by atoms with Crippen molar-refractivity contribution in [3.05, 3.63) is 0 Å². The zero-order chi connectivity index (χ0) is 12.0. The molecule has 0 aromatic carbocycles. The lowest BCUT2D eigenvalue weighted by Crippen LogP contribution is -2.35. The molecule has 3 heteroatoms. The van der Waals surface area contributed by atoms with Gasteiger partial charge < -0.3 is 4.90 Å². The van der Waals surface area contributed by atoms with Crippen LogP contribution < -0.4 is 0 Å². The largest absolute Gasteiger partial charge is 0.305 e. The molecule has 16 heavy (non-hydrogen) atoms. The third-order valence-corrected chi connectivity index (χ3v) is 4.25. The molecule has 0 bridgehead atoms. The van der Waals surface area contributed by atoms with Gasteiger partial charge >= 0.3 is 0 Å². The topological polar surface area (TPSA) is 20.3 Å². The van der Waals surface area contributed by atoms with E-state index in [2.05, 4.69) is 25.1 Å². The van der Waals surface area contributed by atoms with Gasteiger partial charge in [0.2, 0.25) is 0 Å². The summed E-state index contributed by atoms with van der Waals surface area (Å²) in [6.07, 6.45) is 6.43. The van der Waals surface area contributed by atoms with E-state index in [4.69, 9.17) is 0 Å². The third-order valence-electron chi connectivity index (χ3n) is 3.66. The monoisotopic (exact) mass is 243 g/mol. The minimum atomic E-state index is 0.311. The average Bonchev–Trinajstić information content (AvgIpc) is 2.29. The summed E-state index contributed by atoms with van der Waals surface area (Å²) < 4.78 is 0. The van der Waals surface area contributed by atoms with Crippen molar-refractivity contribution >= 4 is 17.5 Å². The Morgan fingerprint density at radius 3 is 2.88 bits per heavy atom. The van der Waals surface area contributed by atoms with Gasteiger partial charge in [-0.2, -0.15) is 11.8 Å². The van der Waals surface area contributed by atoms with Crippen LogP contribution in [-0.4, -0.2) is 42.8 Å². The highest BCUT2D eigenvalue weighted by atomic mass is 32.2. The Morgan fingerprint density at radius 2 is 2.25 bits per heavy atom. The minimum Gasteiger partial charge on any atom is -0.305 e. The van der Waals surface area contributed by atoms with Gasteiger partial charge in [-0.15, -0.1) is 0 Å². The molecular weight excluding hydrogens is 218 g/mol. The highest BCUT2D eigenvalue weighted by Crippen LogP contribution is 2.28. The first-order chi connectivity index (χ1) is 7.67. The zero-order valence-electron chi connectivity index (χ0n) is 10.9. The predicted molar refractivity (Wildman–Crippen MR) is 72.0 cm³/mol.